The Kier molecular flexibility index (Phi) is 5.97. The number of nitrogens with zero attached hydrogens (tertiary/aromatic N) is 3. The fourth-order valence-corrected chi connectivity index (χ4v) is 4.30. The van der Waals surface area contributed by atoms with Crippen LogP contribution in [0.5, 0.6) is 0 Å². The van der Waals surface area contributed by atoms with Crippen molar-refractivity contribution in [3.63, 3.8) is 0 Å². The average Bonchev–Trinajstić information content (AvgIpc) is 3.53. The van der Waals surface area contributed by atoms with Crippen LogP contribution in [0.3, 0.4) is 0 Å². The first-order chi connectivity index (χ1) is 16.3. The fourth-order valence-electron chi connectivity index (χ4n) is 4.30. The molecule has 0 aliphatic rings. The van der Waals surface area contributed by atoms with Gasteiger partial charge in [0.2, 0.25) is 5.91 Å². The van der Waals surface area contributed by atoms with Gasteiger partial charge in [-0.05, 0) is 22.8 Å². The minimum Gasteiger partial charge on any atom is -0.355 e. The van der Waals surface area contributed by atoms with Crippen LogP contribution in [-0.2, 0) is 11.3 Å². The molecular formula is C27H25N5O. The van der Waals surface area contributed by atoms with Crippen molar-refractivity contribution in [1.29, 1.82) is 0 Å². The van der Waals surface area contributed by atoms with Crippen LogP contribution in [0.4, 0.5) is 0 Å². The standard InChI is InChI=1S/C27H25N5O/c33-25(15-16-32-19-28-18-30-32)29-17-23(20-9-3-1-4-10-20)26-22-13-7-8-14-24(22)31-27(26)21-11-5-2-6-12-21/h1-14,18-19,23,31H,15-17H2,(H,29,33). The van der Waals surface area contributed by atoms with Crippen LogP contribution in [0.2, 0.25) is 0 Å². The van der Waals surface area contributed by atoms with Crippen molar-refractivity contribution < 1.29 is 4.79 Å². The van der Waals surface area contributed by atoms with E-state index in [-0.39, 0.29) is 11.8 Å². The summed E-state index contributed by atoms with van der Waals surface area (Å²) in [5, 5.41) is 8.40. The zero-order chi connectivity index (χ0) is 22.5. The lowest BCUT2D eigenvalue weighted by Crippen LogP contribution is -2.29. The minimum atomic E-state index is -0.00691. The van der Waals surface area contributed by atoms with Crippen molar-refractivity contribution in [2.45, 2.75) is 18.9 Å². The third-order valence-corrected chi connectivity index (χ3v) is 5.90. The molecule has 1 atom stereocenters. The number of aryl methyl sites for hydroxylation is 1. The molecule has 33 heavy (non-hydrogen) atoms. The van der Waals surface area contributed by atoms with Gasteiger partial charge >= 0.3 is 0 Å². The average molecular weight is 436 g/mol. The lowest BCUT2D eigenvalue weighted by Gasteiger charge is -2.20. The Morgan fingerprint density at radius 3 is 2.42 bits per heavy atom. The number of carbonyl (C=O) groups excluding carboxylic acids is 1. The number of aromatic nitrogens is 4. The maximum Gasteiger partial charge on any atom is 0.221 e. The molecule has 0 bridgehead atoms. The van der Waals surface area contributed by atoms with E-state index in [1.165, 1.54) is 17.3 Å². The van der Waals surface area contributed by atoms with Crippen LogP contribution in [0, 0.1) is 0 Å². The predicted molar refractivity (Wildman–Crippen MR) is 130 cm³/mol. The predicted octanol–water partition coefficient (Wildman–Crippen LogP) is 4.76. The molecule has 3 aromatic carbocycles. The Morgan fingerprint density at radius 2 is 1.67 bits per heavy atom. The third-order valence-electron chi connectivity index (χ3n) is 5.90. The number of carbonyl (C=O) groups is 1. The molecular weight excluding hydrogens is 410 g/mol. The van der Waals surface area contributed by atoms with Gasteiger partial charge in [0, 0.05) is 29.8 Å². The van der Waals surface area contributed by atoms with E-state index >= 15 is 0 Å². The summed E-state index contributed by atoms with van der Waals surface area (Å²) in [6, 6.07) is 29.1. The van der Waals surface area contributed by atoms with Crippen LogP contribution in [0.15, 0.2) is 97.6 Å². The molecule has 0 fully saturated rings. The van der Waals surface area contributed by atoms with Gasteiger partial charge in [-0.1, -0.05) is 78.9 Å². The molecule has 5 rings (SSSR count). The van der Waals surface area contributed by atoms with Crippen molar-refractivity contribution in [2.75, 3.05) is 6.54 Å². The second kappa shape index (κ2) is 9.53. The molecule has 5 aromatic rings. The lowest BCUT2D eigenvalue weighted by atomic mass is 9.87. The highest BCUT2D eigenvalue weighted by Crippen LogP contribution is 2.38. The van der Waals surface area contributed by atoms with Crippen LogP contribution < -0.4 is 5.32 Å². The van der Waals surface area contributed by atoms with Crippen molar-refractivity contribution in [3.8, 4) is 11.3 Å². The maximum absolute atomic E-state index is 12.7. The van der Waals surface area contributed by atoms with E-state index in [9.17, 15) is 4.79 Å². The molecule has 2 aromatic heterocycles. The molecule has 2 heterocycles. The first kappa shape index (κ1) is 20.7. The largest absolute Gasteiger partial charge is 0.355 e. The normalized spacial score (nSPS) is 12.0. The van der Waals surface area contributed by atoms with Gasteiger partial charge in [-0.25, -0.2) is 4.98 Å². The maximum atomic E-state index is 12.7. The Morgan fingerprint density at radius 1 is 0.939 bits per heavy atom. The molecule has 6 nitrogen and oxygen atoms in total. The monoisotopic (exact) mass is 435 g/mol. The van der Waals surface area contributed by atoms with Crippen molar-refractivity contribution in [2.24, 2.45) is 0 Å². The second-order valence-electron chi connectivity index (χ2n) is 8.00. The molecule has 164 valence electrons. The quantitative estimate of drug-likeness (QED) is 0.369. The molecule has 0 aliphatic heterocycles. The van der Waals surface area contributed by atoms with E-state index in [2.05, 4.69) is 62.8 Å². The smallest absolute Gasteiger partial charge is 0.221 e. The number of hydrogen-bond acceptors (Lipinski definition) is 3. The Balaban J connectivity index is 1.50. The number of para-hydroxylation sites is 1. The summed E-state index contributed by atoms with van der Waals surface area (Å²) in [5.74, 6) is -0.0135. The molecule has 0 spiro atoms. The van der Waals surface area contributed by atoms with E-state index in [0.717, 1.165) is 22.3 Å². The molecule has 2 N–H and O–H groups in total. The summed E-state index contributed by atoms with van der Waals surface area (Å²) < 4.78 is 1.67. The van der Waals surface area contributed by atoms with Crippen LogP contribution in [0.25, 0.3) is 22.2 Å². The van der Waals surface area contributed by atoms with Gasteiger partial charge in [0.05, 0.1) is 12.2 Å². The van der Waals surface area contributed by atoms with Crippen molar-refractivity contribution in [3.05, 3.63) is 109 Å². The van der Waals surface area contributed by atoms with Gasteiger partial charge < -0.3 is 10.3 Å². The molecule has 6 heteroatoms. The van der Waals surface area contributed by atoms with E-state index in [1.54, 1.807) is 11.0 Å². The Hall–Kier alpha value is -4.19. The first-order valence-corrected chi connectivity index (χ1v) is 11.1. The summed E-state index contributed by atoms with van der Waals surface area (Å²) in [5.41, 5.74) is 5.66. The summed E-state index contributed by atoms with van der Waals surface area (Å²) in [7, 11) is 0. The van der Waals surface area contributed by atoms with Crippen molar-refractivity contribution >= 4 is 16.8 Å². The van der Waals surface area contributed by atoms with Gasteiger partial charge in [0.15, 0.2) is 0 Å². The fraction of sp³-hybridized carbons (Fsp3) is 0.148. The van der Waals surface area contributed by atoms with Crippen LogP contribution in [-0.4, -0.2) is 32.2 Å². The zero-order valence-electron chi connectivity index (χ0n) is 18.2. The first-order valence-electron chi connectivity index (χ1n) is 11.1. The summed E-state index contributed by atoms with van der Waals surface area (Å²) in [6.07, 6.45) is 3.45. The highest BCUT2D eigenvalue weighted by Gasteiger charge is 2.24. The number of H-pyrrole nitrogens is 1. The molecule has 0 saturated carbocycles. The van der Waals surface area contributed by atoms with E-state index in [0.29, 0.717) is 19.5 Å². The summed E-state index contributed by atoms with van der Waals surface area (Å²) in [4.78, 5) is 20.2. The van der Waals surface area contributed by atoms with Crippen LogP contribution in [0.1, 0.15) is 23.5 Å². The summed E-state index contributed by atoms with van der Waals surface area (Å²) in [6.45, 7) is 1.01. The highest BCUT2D eigenvalue weighted by molar-refractivity contribution is 5.92. The van der Waals surface area contributed by atoms with Crippen LogP contribution >= 0.6 is 0 Å². The lowest BCUT2D eigenvalue weighted by molar-refractivity contribution is -0.121. The Labute approximate surface area is 192 Å². The van der Waals surface area contributed by atoms with Gasteiger partial charge in [-0.3, -0.25) is 9.48 Å². The van der Waals surface area contributed by atoms with E-state index in [4.69, 9.17) is 0 Å². The number of nitrogens with one attached hydrogen (secondary N) is 2. The van der Waals surface area contributed by atoms with Gasteiger partial charge in [0.1, 0.15) is 12.7 Å². The number of amides is 1. The number of rotatable bonds is 8. The van der Waals surface area contributed by atoms with Crippen molar-refractivity contribution in [1.82, 2.24) is 25.1 Å². The zero-order valence-corrected chi connectivity index (χ0v) is 18.2. The number of aromatic amines is 1. The topological polar surface area (TPSA) is 75.6 Å². The minimum absolute atomic E-state index is 0.00660. The molecule has 0 radical (unpaired) electrons. The molecule has 1 amide bonds. The molecule has 0 aliphatic carbocycles. The number of hydrogen-bond donors (Lipinski definition) is 2. The van der Waals surface area contributed by atoms with E-state index < -0.39 is 0 Å². The highest BCUT2D eigenvalue weighted by atomic mass is 16.1. The number of benzene rings is 3. The third kappa shape index (κ3) is 4.55. The molecule has 1 unspecified atom stereocenters. The molecule has 0 saturated heterocycles. The number of fused-ring (bicyclic) bond motifs is 1. The second-order valence-corrected chi connectivity index (χ2v) is 8.00. The van der Waals surface area contributed by atoms with Gasteiger partial charge in [-0.2, -0.15) is 5.10 Å². The Bertz CT molecular complexity index is 1330. The van der Waals surface area contributed by atoms with Gasteiger partial charge in [0.25, 0.3) is 0 Å². The van der Waals surface area contributed by atoms with E-state index in [1.807, 2.05) is 42.5 Å². The SMILES string of the molecule is O=C(CCn1cncn1)NCC(c1ccccc1)c1c(-c2ccccc2)[nH]c2ccccc12. The van der Waals surface area contributed by atoms with Gasteiger partial charge in [-0.15, -0.1) is 0 Å². The summed E-state index contributed by atoms with van der Waals surface area (Å²) >= 11 is 0.